The van der Waals surface area contributed by atoms with Gasteiger partial charge in [-0.1, -0.05) is 29.8 Å². The van der Waals surface area contributed by atoms with E-state index in [0.29, 0.717) is 36.6 Å². The van der Waals surface area contributed by atoms with Crippen molar-refractivity contribution >= 4 is 23.5 Å². The van der Waals surface area contributed by atoms with Crippen molar-refractivity contribution in [3.8, 4) is 11.4 Å². The molecule has 0 bridgehead atoms. The van der Waals surface area contributed by atoms with Gasteiger partial charge in [0, 0.05) is 24.6 Å². The van der Waals surface area contributed by atoms with Crippen LogP contribution in [0.3, 0.4) is 0 Å². The number of rotatable bonds is 8. The molecule has 0 radical (unpaired) electrons. The monoisotopic (exact) mass is 497 g/mol. The average molecular weight is 498 g/mol. The number of carboxylic acids is 2. The quantitative estimate of drug-likeness (QED) is 0.433. The number of carboxylic acid groups (broad SMARTS) is 2. The van der Waals surface area contributed by atoms with Crippen LogP contribution in [0.4, 0.5) is 0 Å². The predicted octanol–water partition coefficient (Wildman–Crippen LogP) is 3.84. The van der Waals surface area contributed by atoms with Crippen molar-refractivity contribution in [3.63, 3.8) is 0 Å². The number of nitrogens with one attached hydrogen (secondary N) is 1. The van der Waals surface area contributed by atoms with Gasteiger partial charge >= 0.3 is 11.9 Å². The number of halogens is 1. The van der Waals surface area contributed by atoms with Crippen LogP contribution in [0.25, 0.3) is 5.69 Å². The minimum atomic E-state index is -1.14. The molecule has 184 valence electrons. The zero-order valence-corrected chi connectivity index (χ0v) is 20.4. The Kier molecular flexibility index (Phi) is 7.42. The largest absolute Gasteiger partial charge is 0.497 e. The third kappa shape index (κ3) is 5.33. The summed E-state index contributed by atoms with van der Waals surface area (Å²) >= 11 is 6.70. The molecule has 0 aliphatic carbocycles. The molecule has 0 fully saturated rings. The highest BCUT2D eigenvalue weighted by Gasteiger charge is 2.35. The molecule has 0 saturated carbocycles. The summed E-state index contributed by atoms with van der Waals surface area (Å²) in [4.78, 5) is 23.4. The number of hydrogen-bond acceptors (Lipinski definition) is 5. The van der Waals surface area contributed by atoms with Crippen molar-refractivity contribution in [1.82, 2.24) is 15.1 Å². The third-order valence-corrected chi connectivity index (χ3v) is 6.76. The first kappa shape index (κ1) is 24.8. The number of benzene rings is 2. The maximum Gasteiger partial charge on any atom is 0.307 e. The normalized spacial score (nSPS) is 16.3. The highest BCUT2D eigenvalue weighted by atomic mass is 35.5. The molecule has 0 spiro atoms. The van der Waals surface area contributed by atoms with E-state index >= 15 is 0 Å². The summed E-state index contributed by atoms with van der Waals surface area (Å²) in [7, 11) is 1.63. The van der Waals surface area contributed by atoms with Crippen LogP contribution in [0.1, 0.15) is 40.4 Å². The third-order valence-electron chi connectivity index (χ3n) is 6.45. The molecular weight excluding hydrogens is 470 g/mol. The Balaban J connectivity index is 1.76. The Morgan fingerprint density at radius 1 is 1.26 bits per heavy atom. The van der Waals surface area contributed by atoms with Crippen molar-refractivity contribution in [2.24, 2.45) is 5.92 Å². The summed E-state index contributed by atoms with van der Waals surface area (Å²) in [6.45, 7) is 2.94. The van der Waals surface area contributed by atoms with Crippen molar-refractivity contribution < 1.29 is 24.5 Å². The molecule has 35 heavy (non-hydrogen) atoms. The summed E-state index contributed by atoms with van der Waals surface area (Å²) in [6, 6.07) is 13.4. The van der Waals surface area contributed by atoms with E-state index in [0.717, 1.165) is 33.8 Å². The minimum absolute atomic E-state index is 0.373. The molecule has 8 nitrogen and oxygen atoms in total. The van der Waals surface area contributed by atoms with Crippen LogP contribution >= 0.6 is 11.6 Å². The molecule has 2 aromatic carbocycles. The number of carbonyl (C=O) groups is 2. The fraction of sp³-hybridized carbons (Fsp3) is 0.346. The second-order valence-electron chi connectivity index (χ2n) is 8.78. The second kappa shape index (κ2) is 10.5. The van der Waals surface area contributed by atoms with Crippen molar-refractivity contribution in [3.05, 3.63) is 75.6 Å². The number of nitrogens with zero attached hydrogens (tertiary/aromatic N) is 2. The average Bonchev–Trinajstić information content (AvgIpc) is 3.03. The molecule has 0 amide bonds. The van der Waals surface area contributed by atoms with Gasteiger partial charge in [0.1, 0.15) is 5.75 Å². The molecular formula is C26H28ClN3O5. The van der Waals surface area contributed by atoms with E-state index < -0.39 is 30.2 Å². The molecule has 0 saturated heterocycles. The Hall–Kier alpha value is -3.36. The zero-order chi connectivity index (χ0) is 25.1. The summed E-state index contributed by atoms with van der Waals surface area (Å²) in [6.07, 6.45) is 0.776. The number of methoxy groups -OCH3 is 1. The maximum absolute atomic E-state index is 12.0. The first-order valence-electron chi connectivity index (χ1n) is 11.4. The van der Waals surface area contributed by atoms with Crippen molar-refractivity contribution in [2.75, 3.05) is 20.2 Å². The van der Waals surface area contributed by atoms with Gasteiger partial charge in [-0.05, 0) is 60.8 Å². The smallest absolute Gasteiger partial charge is 0.307 e. The molecule has 3 N–H and O–H groups in total. The van der Waals surface area contributed by atoms with Gasteiger partial charge in [-0.2, -0.15) is 5.10 Å². The van der Waals surface area contributed by atoms with Gasteiger partial charge in [0.05, 0.1) is 35.9 Å². The van der Waals surface area contributed by atoms with Crippen LogP contribution in [-0.4, -0.2) is 52.1 Å². The summed E-state index contributed by atoms with van der Waals surface area (Å²) in [5.74, 6) is -3.05. The van der Waals surface area contributed by atoms with Crippen LogP contribution in [0.2, 0.25) is 5.02 Å². The van der Waals surface area contributed by atoms with Crippen LogP contribution in [0, 0.1) is 12.8 Å². The maximum atomic E-state index is 12.0. The van der Waals surface area contributed by atoms with E-state index in [1.165, 1.54) is 0 Å². The highest BCUT2D eigenvalue weighted by Crippen LogP contribution is 2.37. The fourth-order valence-corrected chi connectivity index (χ4v) is 5.09. The lowest BCUT2D eigenvalue weighted by Gasteiger charge is -2.25. The van der Waals surface area contributed by atoms with Gasteiger partial charge in [0.2, 0.25) is 0 Å². The number of hydrogen-bond donors (Lipinski definition) is 3. The molecule has 1 aliphatic rings. The van der Waals surface area contributed by atoms with Crippen LogP contribution in [-0.2, 0) is 22.4 Å². The Morgan fingerprint density at radius 3 is 2.77 bits per heavy atom. The zero-order valence-electron chi connectivity index (χ0n) is 19.6. The predicted molar refractivity (Wildman–Crippen MR) is 132 cm³/mol. The highest BCUT2D eigenvalue weighted by molar-refractivity contribution is 6.32. The lowest BCUT2D eigenvalue weighted by Crippen LogP contribution is -2.31. The van der Waals surface area contributed by atoms with Crippen LogP contribution in [0.5, 0.6) is 5.75 Å². The number of aliphatic carboxylic acids is 2. The first-order valence-corrected chi connectivity index (χ1v) is 11.8. The van der Waals surface area contributed by atoms with Gasteiger partial charge in [-0.3, -0.25) is 9.59 Å². The molecule has 1 aromatic heterocycles. The molecule has 1 aliphatic heterocycles. The lowest BCUT2D eigenvalue weighted by molar-refractivity contribution is -0.149. The van der Waals surface area contributed by atoms with E-state index in [-0.39, 0.29) is 0 Å². The van der Waals surface area contributed by atoms with Crippen molar-refractivity contribution in [1.29, 1.82) is 0 Å². The fourth-order valence-electron chi connectivity index (χ4n) is 4.83. The molecule has 3 aromatic rings. The number of fused-ring (bicyclic) bond motifs is 1. The molecule has 2 heterocycles. The number of ether oxygens (including phenoxy) is 1. The molecule has 9 heteroatoms. The summed E-state index contributed by atoms with van der Waals surface area (Å²) in [5.41, 5.74) is 5.23. The standard InChI is InChI=1S/C26H28ClN3O5/c1-15-10-17(11-16-4-3-5-18(12-16)35-2)29-30(15)25-20-8-9-28-14-22(19(20)6-7-23(25)27)21(26(33)34)13-24(31)32/h3-7,10,12,21-22,28H,8-9,11,13-14H2,1-2H3,(H,31,32)(H,33,34). The van der Waals surface area contributed by atoms with E-state index in [1.807, 2.05) is 48.0 Å². The van der Waals surface area contributed by atoms with E-state index in [1.54, 1.807) is 13.2 Å². The first-order chi connectivity index (χ1) is 16.8. The SMILES string of the molecule is COc1cccc(Cc2cc(C)n(-c3c(Cl)ccc4c3CCNCC4C(CC(=O)O)C(=O)O)n2)c1. The topological polar surface area (TPSA) is 114 Å². The van der Waals surface area contributed by atoms with E-state index in [9.17, 15) is 19.8 Å². The van der Waals surface area contributed by atoms with Crippen molar-refractivity contribution in [2.45, 2.75) is 32.1 Å². The summed E-state index contributed by atoms with van der Waals surface area (Å²) < 4.78 is 7.13. The van der Waals surface area contributed by atoms with Crippen LogP contribution < -0.4 is 10.1 Å². The van der Waals surface area contributed by atoms with Gasteiger partial charge in [-0.25, -0.2) is 4.68 Å². The van der Waals surface area contributed by atoms with Gasteiger partial charge < -0.3 is 20.3 Å². The Bertz CT molecular complexity index is 1260. The second-order valence-corrected chi connectivity index (χ2v) is 9.19. The van der Waals surface area contributed by atoms with Gasteiger partial charge in [-0.15, -0.1) is 0 Å². The van der Waals surface area contributed by atoms with E-state index in [2.05, 4.69) is 5.32 Å². The van der Waals surface area contributed by atoms with E-state index in [4.69, 9.17) is 21.4 Å². The molecule has 2 unspecified atom stereocenters. The lowest BCUT2D eigenvalue weighted by atomic mass is 9.81. The van der Waals surface area contributed by atoms with Crippen LogP contribution in [0.15, 0.2) is 42.5 Å². The Morgan fingerprint density at radius 2 is 2.06 bits per heavy atom. The van der Waals surface area contributed by atoms with Gasteiger partial charge in [0.15, 0.2) is 0 Å². The molecule has 2 atom stereocenters. The number of aromatic nitrogens is 2. The molecule has 4 rings (SSSR count). The summed E-state index contributed by atoms with van der Waals surface area (Å²) in [5, 5.41) is 27.8. The number of aryl methyl sites for hydroxylation is 1. The Labute approximate surface area is 208 Å². The van der Waals surface area contributed by atoms with Gasteiger partial charge in [0.25, 0.3) is 0 Å². The minimum Gasteiger partial charge on any atom is -0.497 e.